The Hall–Kier alpha value is -1.12. The lowest BCUT2D eigenvalue weighted by atomic mass is 9.64. The molecule has 0 aromatic carbocycles. The third kappa shape index (κ3) is 1.83. The minimum Gasteiger partial charge on any atom is -0.368 e. The molecule has 0 bridgehead atoms. The Morgan fingerprint density at radius 3 is 2.60 bits per heavy atom. The van der Waals surface area contributed by atoms with Crippen LogP contribution in [0.4, 0.5) is 5.95 Å². The Balaban J connectivity index is 2.55. The van der Waals surface area contributed by atoms with Crippen molar-refractivity contribution in [3.63, 3.8) is 0 Å². The molecular weight excluding hydrogens is 186 g/mol. The molecule has 3 nitrogen and oxygen atoms in total. The molecule has 2 N–H and O–H groups in total. The molecule has 0 spiro atoms. The summed E-state index contributed by atoms with van der Waals surface area (Å²) >= 11 is 0. The van der Waals surface area contributed by atoms with Crippen LogP contribution in [0.25, 0.3) is 0 Å². The van der Waals surface area contributed by atoms with E-state index >= 15 is 0 Å². The molecule has 0 fully saturated rings. The molecule has 1 aromatic heterocycles. The highest BCUT2D eigenvalue weighted by Crippen LogP contribution is 2.44. The Morgan fingerprint density at radius 1 is 1.27 bits per heavy atom. The number of hydrogen-bond acceptors (Lipinski definition) is 3. The number of nitrogens with two attached hydrogens (primary N) is 1. The summed E-state index contributed by atoms with van der Waals surface area (Å²) in [6.07, 6.45) is 4.06. The molecule has 0 radical (unpaired) electrons. The van der Waals surface area contributed by atoms with E-state index in [0.717, 1.165) is 12.1 Å². The van der Waals surface area contributed by atoms with Crippen LogP contribution in [0.15, 0.2) is 6.20 Å². The zero-order valence-corrected chi connectivity index (χ0v) is 9.96. The van der Waals surface area contributed by atoms with Crippen molar-refractivity contribution >= 4 is 5.95 Å². The minimum absolute atomic E-state index is 0.158. The lowest BCUT2D eigenvalue weighted by Crippen LogP contribution is -2.35. The molecule has 15 heavy (non-hydrogen) atoms. The van der Waals surface area contributed by atoms with Crippen molar-refractivity contribution in [3.05, 3.63) is 17.5 Å². The lowest BCUT2D eigenvalue weighted by molar-refractivity contribution is 0.227. The normalized spacial score (nSPS) is 22.1. The highest BCUT2D eigenvalue weighted by atomic mass is 15.0. The van der Waals surface area contributed by atoms with Crippen molar-refractivity contribution in [1.29, 1.82) is 0 Å². The van der Waals surface area contributed by atoms with E-state index in [1.165, 1.54) is 12.0 Å². The topological polar surface area (TPSA) is 51.8 Å². The van der Waals surface area contributed by atoms with Gasteiger partial charge in [-0.05, 0) is 29.2 Å². The number of nitrogens with zero attached hydrogens (tertiary/aromatic N) is 2. The van der Waals surface area contributed by atoms with Gasteiger partial charge in [0.1, 0.15) is 0 Å². The van der Waals surface area contributed by atoms with Crippen LogP contribution in [0.1, 0.15) is 45.4 Å². The number of anilines is 1. The molecule has 1 aliphatic carbocycles. The van der Waals surface area contributed by atoms with Gasteiger partial charge < -0.3 is 5.73 Å². The summed E-state index contributed by atoms with van der Waals surface area (Å²) in [4.78, 5) is 8.47. The summed E-state index contributed by atoms with van der Waals surface area (Å²) in [5, 5.41) is 0. The predicted octanol–water partition coefficient (Wildman–Crippen LogP) is 2.31. The van der Waals surface area contributed by atoms with Crippen molar-refractivity contribution in [2.24, 2.45) is 5.41 Å². The molecule has 0 saturated heterocycles. The number of aromatic nitrogens is 2. The number of hydrogen-bond donors (Lipinski definition) is 1. The number of fused-ring (bicyclic) bond motifs is 1. The predicted molar refractivity (Wildman–Crippen MR) is 61.6 cm³/mol. The van der Waals surface area contributed by atoms with Gasteiger partial charge in [-0.25, -0.2) is 9.97 Å². The molecular formula is C12H19N3. The SMILES string of the molecule is CC1(C)Cc2nc(N)ncc2C(C)(C)C1. The maximum Gasteiger partial charge on any atom is 0.220 e. The summed E-state index contributed by atoms with van der Waals surface area (Å²) < 4.78 is 0. The van der Waals surface area contributed by atoms with E-state index in [-0.39, 0.29) is 5.41 Å². The fraction of sp³-hybridized carbons (Fsp3) is 0.667. The highest BCUT2D eigenvalue weighted by molar-refractivity contribution is 5.34. The smallest absolute Gasteiger partial charge is 0.220 e. The zero-order chi connectivity index (χ0) is 11.3. The second kappa shape index (κ2) is 2.94. The summed E-state index contributed by atoms with van der Waals surface area (Å²) in [5.74, 6) is 0.391. The maximum absolute atomic E-state index is 5.64. The zero-order valence-electron chi connectivity index (χ0n) is 9.96. The molecule has 82 valence electrons. The van der Waals surface area contributed by atoms with E-state index in [4.69, 9.17) is 5.73 Å². The molecule has 0 unspecified atom stereocenters. The van der Waals surface area contributed by atoms with Crippen molar-refractivity contribution in [2.75, 3.05) is 5.73 Å². The van der Waals surface area contributed by atoms with Gasteiger partial charge in [-0.1, -0.05) is 27.7 Å². The first-order chi connectivity index (χ1) is 6.80. The first-order valence-corrected chi connectivity index (χ1v) is 5.42. The van der Waals surface area contributed by atoms with Crippen molar-refractivity contribution in [2.45, 2.75) is 46.0 Å². The standard InChI is InChI=1S/C12H19N3/c1-11(2)5-9-8(12(3,4)7-11)6-14-10(13)15-9/h6H,5,7H2,1-4H3,(H2,13,14,15). The van der Waals surface area contributed by atoms with Gasteiger partial charge in [0.05, 0.1) is 5.69 Å². The molecule has 1 heterocycles. The molecule has 2 rings (SSSR count). The molecule has 0 aliphatic heterocycles. The summed E-state index contributed by atoms with van der Waals surface area (Å²) in [5.41, 5.74) is 8.49. The quantitative estimate of drug-likeness (QED) is 0.707. The summed E-state index contributed by atoms with van der Waals surface area (Å²) in [6, 6.07) is 0. The average Bonchev–Trinajstić information content (AvgIpc) is 1.97. The van der Waals surface area contributed by atoms with Gasteiger partial charge in [-0.2, -0.15) is 0 Å². The molecule has 0 saturated carbocycles. The Bertz CT molecular complexity index is 394. The van der Waals surface area contributed by atoms with E-state index in [1.807, 2.05) is 6.20 Å². The van der Waals surface area contributed by atoms with Crippen molar-refractivity contribution in [3.8, 4) is 0 Å². The molecule has 1 aromatic rings. The minimum atomic E-state index is 0.158. The van der Waals surface area contributed by atoms with Crippen molar-refractivity contribution in [1.82, 2.24) is 9.97 Å². The number of nitrogen functional groups attached to an aromatic ring is 1. The van der Waals surface area contributed by atoms with Gasteiger partial charge in [0.25, 0.3) is 0 Å². The summed E-state index contributed by atoms with van der Waals surface area (Å²) in [6.45, 7) is 9.09. The third-order valence-electron chi connectivity index (χ3n) is 3.18. The van der Waals surface area contributed by atoms with Crippen molar-refractivity contribution < 1.29 is 0 Å². The highest BCUT2D eigenvalue weighted by Gasteiger charge is 2.38. The van der Waals surface area contributed by atoms with Gasteiger partial charge in [-0.3, -0.25) is 0 Å². The second-order valence-electron chi connectivity index (χ2n) is 5.99. The molecule has 0 atom stereocenters. The molecule has 1 aliphatic rings. The fourth-order valence-corrected chi connectivity index (χ4v) is 2.94. The van der Waals surface area contributed by atoms with Crippen LogP contribution in [-0.2, 0) is 11.8 Å². The second-order valence-corrected chi connectivity index (χ2v) is 5.99. The van der Waals surface area contributed by atoms with E-state index in [2.05, 4.69) is 37.7 Å². The summed E-state index contributed by atoms with van der Waals surface area (Å²) in [7, 11) is 0. The van der Waals surface area contributed by atoms with Crippen LogP contribution >= 0.6 is 0 Å². The third-order valence-corrected chi connectivity index (χ3v) is 3.18. The van der Waals surface area contributed by atoms with Gasteiger partial charge in [0.15, 0.2) is 0 Å². The average molecular weight is 205 g/mol. The van der Waals surface area contributed by atoms with Gasteiger partial charge in [0.2, 0.25) is 5.95 Å². The van der Waals surface area contributed by atoms with Crippen LogP contribution in [-0.4, -0.2) is 9.97 Å². The molecule has 0 amide bonds. The van der Waals surface area contributed by atoms with E-state index < -0.39 is 0 Å². The van der Waals surface area contributed by atoms with Crippen LogP contribution in [0, 0.1) is 5.41 Å². The van der Waals surface area contributed by atoms with Gasteiger partial charge >= 0.3 is 0 Å². The van der Waals surface area contributed by atoms with E-state index in [1.54, 1.807) is 0 Å². The van der Waals surface area contributed by atoms with Gasteiger partial charge in [0, 0.05) is 6.20 Å². The van der Waals surface area contributed by atoms with Crippen LogP contribution in [0.5, 0.6) is 0 Å². The Labute approximate surface area is 91.1 Å². The Kier molecular flexibility index (Phi) is 2.04. The van der Waals surface area contributed by atoms with Crippen LogP contribution in [0.3, 0.4) is 0 Å². The lowest BCUT2D eigenvalue weighted by Gasteiger charge is -2.41. The monoisotopic (exact) mass is 205 g/mol. The largest absolute Gasteiger partial charge is 0.368 e. The van der Waals surface area contributed by atoms with E-state index in [0.29, 0.717) is 11.4 Å². The first-order valence-electron chi connectivity index (χ1n) is 5.42. The Morgan fingerprint density at radius 2 is 1.93 bits per heavy atom. The maximum atomic E-state index is 5.64. The first kappa shape index (κ1) is 10.4. The van der Waals surface area contributed by atoms with Crippen LogP contribution in [0.2, 0.25) is 0 Å². The fourth-order valence-electron chi connectivity index (χ4n) is 2.94. The van der Waals surface area contributed by atoms with E-state index in [9.17, 15) is 0 Å². The number of rotatable bonds is 0. The van der Waals surface area contributed by atoms with Gasteiger partial charge in [-0.15, -0.1) is 0 Å². The van der Waals surface area contributed by atoms with Crippen LogP contribution < -0.4 is 5.73 Å². The molecule has 3 heteroatoms.